The Kier molecular flexibility index (Phi) is 4.79. The first-order valence-electron chi connectivity index (χ1n) is 2.14. The van der Waals surface area contributed by atoms with E-state index in [1.54, 1.807) is 0 Å². The lowest BCUT2D eigenvalue weighted by atomic mass is 10.5. The van der Waals surface area contributed by atoms with Gasteiger partial charge in [-0.05, 0) is 6.26 Å². The lowest BCUT2D eigenvalue weighted by Gasteiger charge is -1.90. The maximum atomic E-state index is 10.1. The lowest BCUT2D eigenvalue weighted by Crippen LogP contribution is -2.00. The molecule has 0 aliphatic rings. The van der Waals surface area contributed by atoms with Crippen LogP contribution in [0.25, 0.3) is 0 Å². The fourth-order valence-corrected chi connectivity index (χ4v) is 0.602. The average Bonchev–Trinajstić information content (AvgIpc) is 1.83. The molecule has 0 spiro atoms. The molecular formula is C4H8O3S. The molecule has 0 radical (unpaired) electrons. The first kappa shape index (κ1) is 7.78. The first-order valence-corrected chi connectivity index (χ1v) is 3.54. The minimum atomic E-state index is -0.570. The Morgan fingerprint density at radius 1 is 1.88 bits per heavy atom. The van der Waals surface area contributed by atoms with E-state index in [1.807, 2.05) is 6.26 Å². The van der Waals surface area contributed by atoms with Crippen LogP contribution in [0, 0.1) is 0 Å². The molecule has 48 valence electrons. The number of rotatable bonds is 3. The number of thioether (sulfide) groups is 1. The molecule has 0 aromatic carbocycles. The van der Waals surface area contributed by atoms with Crippen molar-refractivity contribution in [1.29, 1.82) is 0 Å². The van der Waals surface area contributed by atoms with Crippen LogP contribution in [0.15, 0.2) is 0 Å². The molecule has 0 saturated heterocycles. The van der Waals surface area contributed by atoms with E-state index < -0.39 is 5.97 Å². The second kappa shape index (κ2) is 4.93. The van der Waals surface area contributed by atoms with Crippen molar-refractivity contribution in [3.63, 3.8) is 0 Å². The van der Waals surface area contributed by atoms with E-state index in [4.69, 9.17) is 5.26 Å². The fraction of sp³-hybridized carbons (Fsp3) is 0.750. The monoisotopic (exact) mass is 136 g/mol. The first-order chi connectivity index (χ1) is 3.81. The van der Waals surface area contributed by atoms with Crippen LogP contribution in [0.1, 0.15) is 6.42 Å². The van der Waals surface area contributed by atoms with Crippen molar-refractivity contribution >= 4 is 17.7 Å². The van der Waals surface area contributed by atoms with Gasteiger partial charge in [0.25, 0.3) is 0 Å². The smallest absolute Gasteiger partial charge is 0.301 e. The highest BCUT2D eigenvalue weighted by Gasteiger charge is 1.97. The van der Waals surface area contributed by atoms with Crippen LogP contribution in [0.4, 0.5) is 0 Å². The number of hydrogen-bond acceptors (Lipinski definition) is 4. The van der Waals surface area contributed by atoms with Gasteiger partial charge in [-0.25, -0.2) is 4.79 Å². The summed E-state index contributed by atoms with van der Waals surface area (Å²) < 4.78 is 0. The summed E-state index contributed by atoms with van der Waals surface area (Å²) in [5.41, 5.74) is 0. The highest BCUT2D eigenvalue weighted by Crippen LogP contribution is 1.95. The zero-order valence-corrected chi connectivity index (χ0v) is 5.40. The number of hydrogen-bond donors (Lipinski definition) is 1. The summed E-state index contributed by atoms with van der Waals surface area (Å²) in [5.74, 6) is 0.124. The molecule has 0 heterocycles. The van der Waals surface area contributed by atoms with Gasteiger partial charge in [0.2, 0.25) is 0 Å². The molecule has 0 aromatic rings. The largest absolute Gasteiger partial charge is 0.342 e. The van der Waals surface area contributed by atoms with Gasteiger partial charge in [-0.15, -0.1) is 0 Å². The summed E-state index contributed by atoms with van der Waals surface area (Å²) in [6.45, 7) is 0. The molecule has 0 rings (SSSR count). The molecule has 1 N–H and O–H groups in total. The molecule has 0 aliphatic heterocycles. The average molecular weight is 136 g/mol. The maximum absolute atomic E-state index is 10.1. The van der Waals surface area contributed by atoms with Crippen LogP contribution in [0.5, 0.6) is 0 Å². The fourth-order valence-electron chi connectivity index (χ4n) is 0.231. The van der Waals surface area contributed by atoms with Gasteiger partial charge in [-0.1, -0.05) is 0 Å². The molecule has 0 aliphatic carbocycles. The van der Waals surface area contributed by atoms with E-state index in [1.165, 1.54) is 11.8 Å². The van der Waals surface area contributed by atoms with Gasteiger partial charge in [0, 0.05) is 5.75 Å². The SMILES string of the molecule is CSCCC(=O)OO. The van der Waals surface area contributed by atoms with E-state index in [9.17, 15) is 4.79 Å². The number of carbonyl (C=O) groups excluding carboxylic acids is 1. The Morgan fingerprint density at radius 2 is 2.50 bits per heavy atom. The summed E-state index contributed by atoms with van der Waals surface area (Å²) in [6.07, 6.45) is 2.16. The summed E-state index contributed by atoms with van der Waals surface area (Å²) in [6, 6.07) is 0. The van der Waals surface area contributed by atoms with Crippen LogP contribution in [-0.2, 0) is 9.68 Å². The Labute approximate surface area is 52.0 Å². The van der Waals surface area contributed by atoms with Crippen LogP contribution in [0.2, 0.25) is 0 Å². The standard InChI is InChI=1S/C4H8O3S/c1-8-3-2-4(5)7-6/h6H,2-3H2,1H3. The summed E-state index contributed by atoms with van der Waals surface area (Å²) >= 11 is 1.53. The number of carbonyl (C=O) groups is 1. The molecule has 0 unspecified atom stereocenters. The van der Waals surface area contributed by atoms with E-state index in [0.29, 0.717) is 5.75 Å². The van der Waals surface area contributed by atoms with Crippen molar-refractivity contribution in [2.45, 2.75) is 6.42 Å². The molecule has 8 heavy (non-hydrogen) atoms. The normalized spacial score (nSPS) is 8.75. The van der Waals surface area contributed by atoms with Gasteiger partial charge in [-0.2, -0.15) is 17.0 Å². The predicted molar refractivity (Wildman–Crippen MR) is 31.7 cm³/mol. The van der Waals surface area contributed by atoms with Gasteiger partial charge in [0.15, 0.2) is 0 Å². The topological polar surface area (TPSA) is 46.5 Å². The highest BCUT2D eigenvalue weighted by atomic mass is 32.2. The minimum absolute atomic E-state index is 0.275. The van der Waals surface area contributed by atoms with Crippen molar-refractivity contribution in [2.24, 2.45) is 0 Å². The second-order valence-corrected chi connectivity index (χ2v) is 2.19. The highest BCUT2D eigenvalue weighted by molar-refractivity contribution is 7.98. The van der Waals surface area contributed by atoms with Gasteiger partial charge in [0.1, 0.15) is 0 Å². The second-order valence-electron chi connectivity index (χ2n) is 1.21. The molecule has 3 nitrogen and oxygen atoms in total. The zero-order valence-electron chi connectivity index (χ0n) is 4.59. The summed E-state index contributed by atoms with van der Waals surface area (Å²) in [7, 11) is 0. The van der Waals surface area contributed by atoms with Gasteiger partial charge >= 0.3 is 5.97 Å². The molecule has 0 bridgehead atoms. The van der Waals surface area contributed by atoms with Crippen LogP contribution < -0.4 is 0 Å². The van der Waals surface area contributed by atoms with Crippen LogP contribution in [0.3, 0.4) is 0 Å². The van der Waals surface area contributed by atoms with Gasteiger partial charge in [-0.3, -0.25) is 0 Å². The van der Waals surface area contributed by atoms with Crippen molar-refractivity contribution in [1.82, 2.24) is 0 Å². The van der Waals surface area contributed by atoms with Gasteiger partial charge < -0.3 is 4.89 Å². The quantitative estimate of drug-likeness (QED) is 0.459. The molecule has 0 aromatic heterocycles. The van der Waals surface area contributed by atoms with E-state index >= 15 is 0 Å². The van der Waals surface area contributed by atoms with E-state index in [2.05, 4.69) is 4.89 Å². The Bertz CT molecular complexity index is 73.7. The zero-order chi connectivity index (χ0) is 6.41. The van der Waals surface area contributed by atoms with Crippen molar-refractivity contribution in [3.8, 4) is 0 Å². The molecule has 0 atom stereocenters. The van der Waals surface area contributed by atoms with Crippen molar-refractivity contribution < 1.29 is 14.9 Å². The molecule has 0 fully saturated rings. The molecule has 4 heteroatoms. The molecule has 0 saturated carbocycles. The van der Waals surface area contributed by atoms with Crippen molar-refractivity contribution in [3.05, 3.63) is 0 Å². The lowest BCUT2D eigenvalue weighted by molar-refractivity contribution is -0.233. The Hall–Kier alpha value is -0.220. The van der Waals surface area contributed by atoms with E-state index in [0.717, 1.165) is 0 Å². The molecular weight excluding hydrogens is 128 g/mol. The minimum Gasteiger partial charge on any atom is -0.301 e. The third kappa shape index (κ3) is 3.95. The third-order valence-electron chi connectivity index (χ3n) is 0.612. The Balaban J connectivity index is 2.99. The summed E-state index contributed by atoms with van der Waals surface area (Å²) in [5, 5.41) is 7.70. The van der Waals surface area contributed by atoms with Gasteiger partial charge in [0.05, 0.1) is 6.42 Å². The Morgan fingerprint density at radius 3 is 2.88 bits per heavy atom. The predicted octanol–water partition coefficient (Wildman–Crippen LogP) is 0.756. The maximum Gasteiger partial charge on any atom is 0.342 e. The van der Waals surface area contributed by atoms with Crippen molar-refractivity contribution in [2.75, 3.05) is 12.0 Å². The summed E-state index contributed by atoms with van der Waals surface area (Å²) in [4.78, 5) is 13.5. The van der Waals surface area contributed by atoms with Crippen LogP contribution >= 0.6 is 11.8 Å². The van der Waals surface area contributed by atoms with E-state index in [-0.39, 0.29) is 6.42 Å². The molecule has 0 amide bonds. The third-order valence-corrected chi connectivity index (χ3v) is 1.22. The van der Waals surface area contributed by atoms with Crippen LogP contribution in [-0.4, -0.2) is 23.2 Å².